The maximum absolute atomic E-state index is 14.1. The van der Waals surface area contributed by atoms with Gasteiger partial charge in [0.1, 0.15) is 47.9 Å². The number of aryl methyl sites for hydroxylation is 3. The summed E-state index contributed by atoms with van der Waals surface area (Å²) in [5.74, 6) is -5.54. The Kier molecular flexibility index (Phi) is 17.0. The van der Waals surface area contributed by atoms with E-state index < -0.39 is 69.0 Å². The molecule has 0 radical (unpaired) electrons. The maximum Gasteiger partial charge on any atom is 0.355 e. The zero-order chi connectivity index (χ0) is 55.3. The number of aromatic nitrogens is 6. The van der Waals surface area contributed by atoms with Gasteiger partial charge in [-0.05, 0) is 73.1 Å². The molecule has 19 nitrogen and oxygen atoms in total. The summed E-state index contributed by atoms with van der Waals surface area (Å²) in [6.45, 7) is 9.62. The van der Waals surface area contributed by atoms with Gasteiger partial charge in [-0.3, -0.25) is 28.5 Å². The minimum absolute atomic E-state index is 0.0524. The fourth-order valence-corrected chi connectivity index (χ4v) is 10.4. The Bertz CT molecular complexity index is 3360. The Balaban J connectivity index is 0.856. The number of hydrogen-bond acceptors (Lipinski definition) is 14. The van der Waals surface area contributed by atoms with Gasteiger partial charge in [-0.25, -0.2) is 22.8 Å². The first-order valence-corrected chi connectivity index (χ1v) is 27.1. The van der Waals surface area contributed by atoms with E-state index in [0.29, 0.717) is 58.2 Å². The number of halogens is 3. The summed E-state index contributed by atoms with van der Waals surface area (Å²) in [6.07, 6.45) is 4.68. The number of unbranched alkanes of at least 4 members (excludes halogenated alkanes) is 1. The first kappa shape index (κ1) is 55.8. The molecular weight excluding hydrogens is 1040 g/mol. The lowest BCUT2D eigenvalue weighted by molar-refractivity contribution is -0.144. The van der Waals surface area contributed by atoms with Crippen molar-refractivity contribution in [3.63, 3.8) is 0 Å². The van der Waals surface area contributed by atoms with E-state index in [1.165, 1.54) is 47.4 Å². The molecule has 3 aromatic carbocycles. The molecular formula is C53H60F3N11O8S2. The predicted molar refractivity (Wildman–Crippen MR) is 285 cm³/mol. The highest BCUT2D eigenvalue weighted by Gasteiger charge is 2.44. The van der Waals surface area contributed by atoms with Crippen molar-refractivity contribution < 1.29 is 50.6 Å². The summed E-state index contributed by atoms with van der Waals surface area (Å²) in [6, 6.07) is 15.5. The number of nitrogens with zero attached hydrogens (tertiary/aromatic N) is 7. The number of anilines is 2. The predicted octanol–water partition coefficient (Wildman–Crippen LogP) is 7.36. The number of alkyl halides is 2. The Labute approximate surface area is 447 Å². The number of ether oxygens (including phenoxy) is 2. The molecule has 8 rings (SSSR count). The third-order valence-corrected chi connectivity index (χ3v) is 15.0. The molecule has 408 valence electrons. The number of carbonyl (C=O) groups excluding carboxylic acids is 3. The SMILES string of the molecule is Cc1ncsc1-c1ccc(CNC(=O)[C@@H]2C[C@@H](O)CN2C(=O)[C@@H](NC(=O)COCCCCn2cc(-c3cnc(N)c4c(-c5ccc(NS(=O)(=O)C(F)F)c(O[C@@H](C)c6ccc(F)cc6)c5)nn(C)c34)cn2)C(C)(C)C)cc1. The van der Waals surface area contributed by atoms with Crippen LogP contribution >= 0.6 is 11.3 Å². The molecule has 1 saturated heterocycles. The molecule has 1 aliphatic heterocycles. The van der Waals surface area contributed by atoms with Crippen LogP contribution in [-0.2, 0) is 49.3 Å². The van der Waals surface area contributed by atoms with Crippen molar-refractivity contribution in [2.24, 2.45) is 12.5 Å². The first-order chi connectivity index (χ1) is 36.6. The van der Waals surface area contributed by atoms with E-state index in [0.717, 1.165) is 21.7 Å². The van der Waals surface area contributed by atoms with Gasteiger partial charge in [-0.1, -0.05) is 63.2 Å². The molecule has 0 bridgehead atoms. The number of benzene rings is 3. The van der Waals surface area contributed by atoms with Crippen molar-refractivity contribution in [3.8, 4) is 38.6 Å². The molecule has 4 atom stereocenters. The van der Waals surface area contributed by atoms with Crippen molar-refractivity contribution in [2.45, 2.75) is 97.0 Å². The molecule has 24 heteroatoms. The van der Waals surface area contributed by atoms with Gasteiger partial charge in [0.2, 0.25) is 17.7 Å². The smallest absolute Gasteiger partial charge is 0.355 e. The number of pyridine rings is 1. The topological polar surface area (TPSA) is 251 Å². The van der Waals surface area contributed by atoms with E-state index in [1.807, 2.05) is 62.9 Å². The van der Waals surface area contributed by atoms with Gasteiger partial charge in [0.15, 0.2) is 0 Å². The average Bonchev–Trinajstić information content (AvgIpc) is 4.25. The number of hydrogen-bond donors (Lipinski definition) is 5. The highest BCUT2D eigenvalue weighted by atomic mass is 32.2. The van der Waals surface area contributed by atoms with Gasteiger partial charge in [0, 0.05) is 68.8 Å². The lowest BCUT2D eigenvalue weighted by Crippen LogP contribution is -2.58. The Morgan fingerprint density at radius 2 is 1.71 bits per heavy atom. The number of rotatable bonds is 21. The third-order valence-electron chi connectivity index (χ3n) is 13.1. The summed E-state index contributed by atoms with van der Waals surface area (Å²) >= 11 is 1.55. The lowest BCUT2D eigenvalue weighted by Gasteiger charge is -2.35. The average molecular weight is 1100 g/mol. The number of aliphatic hydroxyl groups is 1. The number of nitrogens with one attached hydrogen (secondary N) is 3. The molecule has 1 aliphatic rings. The molecule has 7 aromatic rings. The second-order valence-corrected chi connectivity index (χ2v) is 22.4. The Hall–Kier alpha value is -7.41. The zero-order valence-corrected chi connectivity index (χ0v) is 44.8. The van der Waals surface area contributed by atoms with Gasteiger partial charge in [0.05, 0.1) is 45.0 Å². The van der Waals surface area contributed by atoms with E-state index in [4.69, 9.17) is 20.3 Å². The van der Waals surface area contributed by atoms with Gasteiger partial charge < -0.3 is 35.8 Å². The van der Waals surface area contributed by atoms with Crippen LogP contribution in [0, 0.1) is 18.2 Å². The quantitative estimate of drug-likeness (QED) is 0.0442. The number of amides is 3. The lowest BCUT2D eigenvalue weighted by atomic mass is 9.85. The van der Waals surface area contributed by atoms with E-state index in [9.17, 15) is 41.1 Å². The van der Waals surface area contributed by atoms with Crippen LogP contribution in [0.4, 0.5) is 24.7 Å². The van der Waals surface area contributed by atoms with Crippen LogP contribution in [0.1, 0.15) is 69.9 Å². The zero-order valence-electron chi connectivity index (χ0n) is 43.2. The van der Waals surface area contributed by atoms with Crippen molar-refractivity contribution >= 4 is 61.5 Å². The minimum Gasteiger partial charge on any atom is -0.484 e. The van der Waals surface area contributed by atoms with Crippen LogP contribution in [0.3, 0.4) is 0 Å². The molecule has 77 heavy (non-hydrogen) atoms. The third kappa shape index (κ3) is 13.1. The van der Waals surface area contributed by atoms with Crippen LogP contribution in [0.25, 0.3) is 43.7 Å². The van der Waals surface area contributed by atoms with Crippen molar-refractivity contribution in [1.82, 2.24) is 45.1 Å². The van der Waals surface area contributed by atoms with E-state index in [1.54, 1.807) is 52.6 Å². The molecule has 4 aromatic heterocycles. The van der Waals surface area contributed by atoms with Gasteiger partial charge >= 0.3 is 5.76 Å². The first-order valence-electron chi connectivity index (χ1n) is 24.7. The molecule has 6 N–H and O–H groups in total. The van der Waals surface area contributed by atoms with E-state index >= 15 is 0 Å². The number of likely N-dealkylation sites (tertiary alicyclic amines) is 1. The van der Waals surface area contributed by atoms with Crippen molar-refractivity contribution in [1.29, 1.82) is 0 Å². The summed E-state index contributed by atoms with van der Waals surface area (Å²) in [5, 5.41) is 26.1. The number of nitrogen functional groups attached to an aromatic ring is 1. The Morgan fingerprint density at radius 1 is 0.987 bits per heavy atom. The number of fused-ring (bicyclic) bond motifs is 1. The molecule has 0 saturated carbocycles. The van der Waals surface area contributed by atoms with Crippen molar-refractivity contribution in [3.05, 3.63) is 113 Å². The van der Waals surface area contributed by atoms with Gasteiger partial charge in [-0.15, -0.1) is 11.3 Å². The second kappa shape index (κ2) is 23.5. The standard InChI is InChI=1S/C53H60F3N11O8S2/c1-30-47(76-29-60-30)34-11-9-32(10-12-34)23-59-50(70)41-22-38(68)27-67(41)51(71)48(53(3,4)5)62-43(69)28-74-20-8-7-19-66-26-36(24-61-66)39-25-58-49(57)44-45(63-65(6)46(39)44)35-15-18-40(64-77(72,73)52(55)56)42(21-35)75-31(2)33-13-16-37(54)17-14-33/h9-18,21,24-26,29,31,38,41,48,52,64,68H,7-8,19-20,22-23,27-28H2,1-6H3,(H2,57,58)(H,59,70)(H,62,69)/t31-,38+,41-,48+/m0/s1. The fraction of sp³-hybridized carbons (Fsp3) is 0.377. The number of aliphatic hydroxyl groups excluding tert-OH is 1. The summed E-state index contributed by atoms with van der Waals surface area (Å²) in [5.41, 5.74) is 13.3. The molecule has 5 heterocycles. The second-order valence-electron chi connectivity index (χ2n) is 19.9. The normalized spacial score (nSPS) is 15.7. The number of carbonyl (C=O) groups is 3. The number of β-amino-alcohol motifs (C(OH)–C–C–N with tert-alkyl or cyclic N) is 1. The highest BCUT2D eigenvalue weighted by molar-refractivity contribution is 7.93. The summed E-state index contributed by atoms with van der Waals surface area (Å²) in [7, 11) is -3.38. The molecule has 0 unspecified atom stereocenters. The monoisotopic (exact) mass is 1100 g/mol. The molecule has 0 aliphatic carbocycles. The van der Waals surface area contributed by atoms with Crippen LogP contribution in [0.15, 0.2) is 90.8 Å². The van der Waals surface area contributed by atoms with E-state index in [2.05, 4.69) is 25.7 Å². The van der Waals surface area contributed by atoms with Crippen LogP contribution in [0.2, 0.25) is 0 Å². The summed E-state index contributed by atoms with van der Waals surface area (Å²) in [4.78, 5) is 52.0. The molecule has 0 spiro atoms. The molecule has 3 amide bonds. The maximum atomic E-state index is 14.1. The van der Waals surface area contributed by atoms with Gasteiger partial charge in [0.25, 0.3) is 10.0 Å². The van der Waals surface area contributed by atoms with Crippen LogP contribution < -0.4 is 25.8 Å². The number of sulfonamides is 1. The van der Waals surface area contributed by atoms with Crippen LogP contribution in [-0.4, -0.2) is 109 Å². The van der Waals surface area contributed by atoms with Crippen molar-refractivity contribution in [2.75, 3.05) is 30.2 Å². The number of nitrogens with two attached hydrogens (primary N) is 1. The minimum atomic E-state index is -5.09. The largest absolute Gasteiger partial charge is 0.484 e. The van der Waals surface area contributed by atoms with Gasteiger partial charge in [-0.2, -0.15) is 19.0 Å². The molecule has 1 fully saturated rings. The highest BCUT2D eigenvalue weighted by Crippen LogP contribution is 2.41. The Morgan fingerprint density at radius 3 is 2.40 bits per heavy atom. The van der Waals surface area contributed by atoms with Crippen LogP contribution in [0.5, 0.6) is 5.75 Å². The summed E-state index contributed by atoms with van der Waals surface area (Å²) < 4.78 is 82.3. The fourth-order valence-electron chi connectivity index (χ4n) is 9.04. The van der Waals surface area contributed by atoms with E-state index in [-0.39, 0.29) is 50.0 Å². The number of thiazole rings is 1.